The van der Waals surface area contributed by atoms with Crippen LogP contribution in [0.5, 0.6) is 0 Å². The van der Waals surface area contributed by atoms with E-state index in [2.05, 4.69) is 10.3 Å². The zero-order chi connectivity index (χ0) is 19.3. The van der Waals surface area contributed by atoms with Crippen molar-refractivity contribution in [2.75, 3.05) is 18.4 Å². The van der Waals surface area contributed by atoms with Crippen LogP contribution < -0.4 is 5.32 Å². The van der Waals surface area contributed by atoms with E-state index < -0.39 is 0 Å². The maximum Gasteiger partial charge on any atom is 0.272 e. The summed E-state index contributed by atoms with van der Waals surface area (Å²) in [6.07, 6.45) is 4.81. The van der Waals surface area contributed by atoms with Crippen molar-refractivity contribution in [3.8, 4) is 5.69 Å². The van der Waals surface area contributed by atoms with Crippen LogP contribution in [0.4, 0.5) is 5.69 Å². The van der Waals surface area contributed by atoms with Crippen molar-refractivity contribution >= 4 is 17.5 Å². The first-order valence-corrected chi connectivity index (χ1v) is 9.45. The molecule has 2 aromatic carbocycles. The smallest absolute Gasteiger partial charge is 0.272 e. The molecule has 1 N–H and O–H groups in total. The largest absolute Gasteiger partial charge is 0.337 e. The maximum atomic E-state index is 13.1. The Morgan fingerprint density at radius 2 is 1.71 bits per heavy atom. The van der Waals surface area contributed by atoms with Gasteiger partial charge in [0.05, 0.1) is 18.4 Å². The number of aromatic nitrogens is 2. The Hall–Kier alpha value is -3.41. The molecule has 142 valence electrons. The summed E-state index contributed by atoms with van der Waals surface area (Å²) in [5.74, 6) is -0.357. The zero-order valence-corrected chi connectivity index (χ0v) is 15.5. The lowest BCUT2D eigenvalue weighted by Crippen LogP contribution is -2.44. The fourth-order valence-corrected chi connectivity index (χ4v) is 3.55. The van der Waals surface area contributed by atoms with E-state index in [0.29, 0.717) is 18.8 Å². The second-order valence-electron chi connectivity index (χ2n) is 6.93. The number of likely N-dealkylation sites (tertiary alicyclic amines) is 1. The van der Waals surface area contributed by atoms with Crippen molar-refractivity contribution in [2.45, 2.75) is 12.8 Å². The molecule has 1 unspecified atom stereocenters. The number of hydrogen-bond acceptors (Lipinski definition) is 3. The van der Waals surface area contributed by atoms with Gasteiger partial charge >= 0.3 is 0 Å². The van der Waals surface area contributed by atoms with Gasteiger partial charge in [0.1, 0.15) is 5.69 Å². The van der Waals surface area contributed by atoms with Crippen LogP contribution >= 0.6 is 0 Å². The standard InChI is InChI=1S/C22H22N4O2/c27-21(24-18-9-3-1-4-10-18)17-8-7-13-25(15-17)22(28)20-14-23-16-26(20)19-11-5-2-6-12-19/h1-6,9-12,14,16-17H,7-8,13,15H2,(H,24,27). The number of anilines is 1. The number of amides is 2. The van der Waals surface area contributed by atoms with Gasteiger partial charge in [-0.1, -0.05) is 36.4 Å². The van der Waals surface area contributed by atoms with Crippen LogP contribution in [0, 0.1) is 5.92 Å². The number of nitrogens with one attached hydrogen (secondary N) is 1. The monoisotopic (exact) mass is 374 g/mol. The van der Waals surface area contributed by atoms with Gasteiger partial charge in [-0.15, -0.1) is 0 Å². The fraction of sp³-hybridized carbons (Fsp3) is 0.227. The van der Waals surface area contributed by atoms with Crippen LogP contribution in [-0.2, 0) is 4.79 Å². The molecule has 2 heterocycles. The third kappa shape index (κ3) is 3.81. The molecule has 0 spiro atoms. The Kier molecular flexibility index (Phi) is 5.19. The molecule has 0 aliphatic carbocycles. The van der Waals surface area contributed by atoms with Crippen molar-refractivity contribution in [3.05, 3.63) is 78.9 Å². The van der Waals surface area contributed by atoms with Gasteiger partial charge in [-0.2, -0.15) is 0 Å². The van der Waals surface area contributed by atoms with Crippen molar-refractivity contribution in [3.63, 3.8) is 0 Å². The van der Waals surface area contributed by atoms with Gasteiger partial charge in [0.15, 0.2) is 0 Å². The van der Waals surface area contributed by atoms with E-state index in [1.54, 1.807) is 22.0 Å². The van der Waals surface area contributed by atoms with Gasteiger partial charge in [0.25, 0.3) is 5.91 Å². The van der Waals surface area contributed by atoms with E-state index in [0.717, 1.165) is 24.2 Å². The summed E-state index contributed by atoms with van der Waals surface area (Å²) in [5.41, 5.74) is 2.17. The highest BCUT2D eigenvalue weighted by Gasteiger charge is 2.30. The Bertz CT molecular complexity index is 953. The summed E-state index contributed by atoms with van der Waals surface area (Å²) in [6, 6.07) is 19.1. The summed E-state index contributed by atoms with van der Waals surface area (Å²) in [5, 5.41) is 2.95. The van der Waals surface area contributed by atoms with Crippen molar-refractivity contribution in [1.29, 1.82) is 0 Å². The first kappa shape index (κ1) is 18.0. The van der Waals surface area contributed by atoms with Crippen molar-refractivity contribution in [1.82, 2.24) is 14.5 Å². The minimum absolute atomic E-state index is 0.0414. The molecule has 0 radical (unpaired) electrons. The molecule has 1 aliphatic rings. The molecule has 1 atom stereocenters. The maximum absolute atomic E-state index is 13.1. The molecule has 1 aromatic heterocycles. The average Bonchev–Trinajstić information content (AvgIpc) is 3.24. The number of benzene rings is 2. The fourth-order valence-electron chi connectivity index (χ4n) is 3.55. The predicted octanol–water partition coefficient (Wildman–Crippen LogP) is 3.36. The predicted molar refractivity (Wildman–Crippen MR) is 107 cm³/mol. The molecule has 1 saturated heterocycles. The number of hydrogen-bond donors (Lipinski definition) is 1. The second-order valence-corrected chi connectivity index (χ2v) is 6.93. The Morgan fingerprint density at radius 1 is 1.00 bits per heavy atom. The van der Waals surface area contributed by atoms with Gasteiger partial charge < -0.3 is 10.2 Å². The summed E-state index contributed by atoms with van der Waals surface area (Å²) in [4.78, 5) is 31.7. The van der Waals surface area contributed by atoms with Crippen LogP contribution in [0.2, 0.25) is 0 Å². The molecule has 6 heteroatoms. The van der Waals surface area contributed by atoms with Gasteiger partial charge in [0, 0.05) is 24.5 Å². The third-order valence-electron chi connectivity index (χ3n) is 5.01. The number of rotatable bonds is 4. The summed E-state index contributed by atoms with van der Waals surface area (Å²) >= 11 is 0. The van der Waals surface area contributed by atoms with Crippen LogP contribution in [0.3, 0.4) is 0 Å². The number of nitrogens with zero attached hydrogens (tertiary/aromatic N) is 3. The number of carbonyl (C=O) groups is 2. The molecular formula is C22H22N4O2. The molecule has 0 bridgehead atoms. The van der Waals surface area contributed by atoms with Crippen LogP contribution in [-0.4, -0.2) is 39.4 Å². The normalized spacial score (nSPS) is 16.6. The Balaban J connectivity index is 1.47. The molecule has 0 saturated carbocycles. The van der Waals surface area contributed by atoms with Gasteiger partial charge in [-0.25, -0.2) is 4.98 Å². The van der Waals surface area contributed by atoms with Crippen LogP contribution in [0.1, 0.15) is 23.3 Å². The molecular weight excluding hydrogens is 352 g/mol. The highest BCUT2D eigenvalue weighted by Crippen LogP contribution is 2.21. The highest BCUT2D eigenvalue weighted by molar-refractivity contribution is 5.95. The Morgan fingerprint density at radius 3 is 2.46 bits per heavy atom. The van der Waals surface area contributed by atoms with E-state index >= 15 is 0 Å². The number of piperidine rings is 1. The Labute approximate surface area is 163 Å². The minimum atomic E-state index is -0.217. The van der Waals surface area contributed by atoms with Crippen LogP contribution in [0.25, 0.3) is 5.69 Å². The van der Waals surface area contributed by atoms with Gasteiger partial charge in [-0.3, -0.25) is 14.2 Å². The third-order valence-corrected chi connectivity index (χ3v) is 5.01. The average molecular weight is 374 g/mol. The van der Waals surface area contributed by atoms with Crippen LogP contribution in [0.15, 0.2) is 73.2 Å². The summed E-state index contributed by atoms with van der Waals surface area (Å²) in [6.45, 7) is 1.06. The van der Waals surface area contributed by atoms with Crippen molar-refractivity contribution in [2.24, 2.45) is 5.92 Å². The van der Waals surface area contributed by atoms with E-state index in [-0.39, 0.29) is 17.7 Å². The van der Waals surface area contributed by atoms with Gasteiger partial charge in [0.2, 0.25) is 5.91 Å². The lowest BCUT2D eigenvalue weighted by Gasteiger charge is -2.32. The first-order valence-electron chi connectivity index (χ1n) is 9.45. The number of carbonyl (C=O) groups excluding carboxylic acids is 2. The highest BCUT2D eigenvalue weighted by atomic mass is 16.2. The van der Waals surface area contributed by atoms with Gasteiger partial charge in [-0.05, 0) is 37.1 Å². The van der Waals surface area contributed by atoms with E-state index in [1.807, 2.05) is 60.7 Å². The molecule has 28 heavy (non-hydrogen) atoms. The lowest BCUT2D eigenvalue weighted by atomic mass is 9.96. The zero-order valence-electron chi connectivity index (χ0n) is 15.5. The SMILES string of the molecule is O=C(Nc1ccccc1)C1CCCN(C(=O)c2cncn2-c2ccccc2)C1. The quantitative estimate of drug-likeness (QED) is 0.761. The number of imidazole rings is 1. The van der Waals surface area contributed by atoms with E-state index in [4.69, 9.17) is 0 Å². The van der Waals surface area contributed by atoms with Crippen molar-refractivity contribution < 1.29 is 9.59 Å². The topological polar surface area (TPSA) is 67.2 Å². The summed E-state index contributed by atoms with van der Waals surface area (Å²) < 4.78 is 1.79. The molecule has 6 nitrogen and oxygen atoms in total. The first-order chi connectivity index (χ1) is 13.7. The second kappa shape index (κ2) is 8.08. The molecule has 1 aliphatic heterocycles. The molecule has 1 fully saturated rings. The lowest BCUT2D eigenvalue weighted by molar-refractivity contribution is -0.121. The minimum Gasteiger partial charge on any atom is -0.337 e. The molecule has 4 rings (SSSR count). The molecule has 3 aromatic rings. The van der Waals surface area contributed by atoms with E-state index in [1.165, 1.54) is 0 Å². The summed E-state index contributed by atoms with van der Waals surface area (Å²) in [7, 11) is 0. The molecule has 2 amide bonds. The van der Waals surface area contributed by atoms with E-state index in [9.17, 15) is 9.59 Å². The number of para-hydroxylation sites is 2.